The van der Waals surface area contributed by atoms with Gasteiger partial charge in [-0.15, -0.1) is 11.3 Å². The van der Waals surface area contributed by atoms with Gasteiger partial charge in [0.25, 0.3) is 0 Å². The molecule has 5 nitrogen and oxygen atoms in total. The Hall–Kier alpha value is -1.44. The van der Waals surface area contributed by atoms with Crippen molar-refractivity contribution in [3.63, 3.8) is 0 Å². The van der Waals surface area contributed by atoms with Crippen molar-refractivity contribution >= 4 is 33.8 Å². The van der Waals surface area contributed by atoms with E-state index in [-0.39, 0.29) is 6.03 Å². The Balaban J connectivity index is 1.79. The molecule has 0 aliphatic heterocycles. The fraction of sp³-hybridized carbons (Fsp3) is 0.273. The van der Waals surface area contributed by atoms with Gasteiger partial charge in [-0.05, 0) is 29.4 Å². The maximum absolute atomic E-state index is 11.6. The molecule has 0 aliphatic carbocycles. The van der Waals surface area contributed by atoms with Gasteiger partial charge < -0.3 is 10.6 Å². The molecule has 18 heavy (non-hydrogen) atoms. The number of carbonyl (C=O) groups is 1. The number of aromatic nitrogens is 1. The van der Waals surface area contributed by atoms with E-state index < -0.39 is 0 Å². The van der Waals surface area contributed by atoms with Crippen LogP contribution in [0.4, 0.5) is 9.93 Å². The Labute approximate surface area is 113 Å². The second-order valence-electron chi connectivity index (χ2n) is 3.61. The zero-order chi connectivity index (χ0) is 12.8. The second-order valence-corrected chi connectivity index (χ2v) is 5.25. The van der Waals surface area contributed by atoms with Gasteiger partial charge in [0, 0.05) is 18.5 Å². The lowest BCUT2D eigenvalue weighted by Gasteiger charge is -2.03. The minimum absolute atomic E-state index is 0.230. The van der Waals surface area contributed by atoms with Gasteiger partial charge in [-0.1, -0.05) is 0 Å². The fourth-order valence-electron chi connectivity index (χ4n) is 1.34. The number of thiazole rings is 1. The summed E-state index contributed by atoms with van der Waals surface area (Å²) < 4.78 is 0. The summed E-state index contributed by atoms with van der Waals surface area (Å²) in [5, 5.41) is 15.0. The molecule has 2 aromatic rings. The molecule has 0 atom stereocenters. The molecule has 0 unspecified atom stereocenters. The van der Waals surface area contributed by atoms with E-state index >= 15 is 0 Å². The molecule has 0 spiro atoms. The van der Waals surface area contributed by atoms with Crippen LogP contribution in [0, 0.1) is 0 Å². The summed E-state index contributed by atoms with van der Waals surface area (Å²) in [6.07, 6.45) is 0. The first-order valence-corrected chi connectivity index (χ1v) is 7.25. The fourth-order valence-corrected chi connectivity index (χ4v) is 2.72. The number of nitrogens with one attached hydrogen (secondary N) is 3. The lowest BCUT2D eigenvalue weighted by Crippen LogP contribution is -2.27. The lowest BCUT2D eigenvalue weighted by atomic mass is 10.3. The third-order valence-electron chi connectivity index (χ3n) is 2.16. The van der Waals surface area contributed by atoms with Crippen LogP contribution < -0.4 is 16.0 Å². The summed E-state index contributed by atoms with van der Waals surface area (Å²) in [6, 6.07) is 1.76. The first kappa shape index (κ1) is 13.0. The molecule has 7 heteroatoms. The van der Waals surface area contributed by atoms with Gasteiger partial charge in [-0.2, -0.15) is 11.3 Å². The number of anilines is 1. The summed E-state index contributed by atoms with van der Waals surface area (Å²) in [5.41, 5.74) is 2.03. The second kappa shape index (κ2) is 6.48. The van der Waals surface area contributed by atoms with Crippen molar-refractivity contribution in [2.24, 2.45) is 0 Å². The number of hydrogen-bond acceptors (Lipinski definition) is 5. The van der Waals surface area contributed by atoms with Crippen LogP contribution in [0.3, 0.4) is 0 Å². The maximum atomic E-state index is 11.6. The van der Waals surface area contributed by atoms with Crippen molar-refractivity contribution in [2.45, 2.75) is 13.1 Å². The molecular formula is C11H14N4OS2. The van der Waals surface area contributed by atoms with Crippen LogP contribution in [0.25, 0.3) is 0 Å². The third kappa shape index (κ3) is 3.80. The maximum Gasteiger partial charge on any atom is 0.321 e. The largest absolute Gasteiger partial charge is 0.334 e. The Bertz CT molecular complexity index is 495. The van der Waals surface area contributed by atoms with Gasteiger partial charge in [-0.25, -0.2) is 9.78 Å². The van der Waals surface area contributed by atoms with Crippen LogP contribution in [-0.2, 0) is 13.1 Å². The molecule has 96 valence electrons. The highest BCUT2D eigenvalue weighted by molar-refractivity contribution is 7.13. The predicted octanol–water partition coefficient (Wildman–Crippen LogP) is 2.25. The molecule has 3 N–H and O–H groups in total. The molecule has 0 aliphatic rings. The van der Waals surface area contributed by atoms with E-state index in [4.69, 9.17) is 0 Å². The number of hydrogen-bond donors (Lipinski definition) is 3. The van der Waals surface area contributed by atoms with Crippen molar-refractivity contribution in [1.29, 1.82) is 0 Å². The van der Waals surface area contributed by atoms with E-state index in [0.29, 0.717) is 18.2 Å². The number of amides is 2. The van der Waals surface area contributed by atoms with E-state index in [9.17, 15) is 4.79 Å². The van der Waals surface area contributed by atoms with Crippen molar-refractivity contribution in [3.05, 3.63) is 33.5 Å². The molecule has 2 aromatic heterocycles. The Morgan fingerprint density at radius 1 is 1.39 bits per heavy atom. The van der Waals surface area contributed by atoms with E-state index in [1.807, 2.05) is 29.3 Å². The topological polar surface area (TPSA) is 66.0 Å². The Morgan fingerprint density at radius 2 is 2.28 bits per heavy atom. The van der Waals surface area contributed by atoms with Crippen molar-refractivity contribution in [1.82, 2.24) is 15.6 Å². The molecule has 2 rings (SSSR count). The summed E-state index contributed by atoms with van der Waals surface area (Å²) in [4.78, 5) is 15.9. The quantitative estimate of drug-likeness (QED) is 0.788. The third-order valence-corrected chi connectivity index (χ3v) is 3.70. The molecule has 0 bridgehead atoms. The van der Waals surface area contributed by atoms with Crippen LogP contribution in [0.2, 0.25) is 0 Å². The minimum Gasteiger partial charge on any atom is -0.334 e. The normalized spacial score (nSPS) is 10.3. The van der Waals surface area contributed by atoms with E-state index in [1.54, 1.807) is 11.3 Å². The summed E-state index contributed by atoms with van der Waals surface area (Å²) >= 11 is 3.04. The SMILES string of the molecule is CNCc1csc(NC(=O)NCc2ccsc2)n1. The van der Waals surface area contributed by atoms with E-state index in [1.165, 1.54) is 11.3 Å². The number of nitrogens with zero attached hydrogens (tertiary/aromatic N) is 1. The monoisotopic (exact) mass is 282 g/mol. The number of urea groups is 1. The first-order valence-electron chi connectivity index (χ1n) is 5.43. The van der Waals surface area contributed by atoms with Crippen molar-refractivity contribution < 1.29 is 4.79 Å². The van der Waals surface area contributed by atoms with Gasteiger partial charge in [0.15, 0.2) is 5.13 Å². The van der Waals surface area contributed by atoms with Crippen molar-refractivity contribution in [2.75, 3.05) is 12.4 Å². The summed E-state index contributed by atoms with van der Waals surface area (Å²) in [7, 11) is 1.86. The molecule has 2 amide bonds. The smallest absolute Gasteiger partial charge is 0.321 e. The first-order chi connectivity index (χ1) is 8.78. The zero-order valence-corrected chi connectivity index (χ0v) is 11.5. The molecule has 0 aromatic carbocycles. The van der Waals surface area contributed by atoms with Crippen LogP contribution in [0.15, 0.2) is 22.2 Å². The highest BCUT2D eigenvalue weighted by atomic mass is 32.1. The Morgan fingerprint density at radius 3 is 3.00 bits per heavy atom. The molecule has 0 saturated heterocycles. The molecule has 0 saturated carbocycles. The number of thiophene rings is 1. The standard InChI is InChI=1S/C11H14N4OS2/c1-12-5-9-7-18-11(14-9)15-10(16)13-4-8-2-3-17-6-8/h2-3,6-7,12H,4-5H2,1H3,(H2,13,14,15,16). The van der Waals surface area contributed by atoms with Gasteiger partial charge >= 0.3 is 6.03 Å². The molecule has 0 fully saturated rings. The average Bonchev–Trinajstić information content (AvgIpc) is 2.99. The van der Waals surface area contributed by atoms with E-state index in [2.05, 4.69) is 20.9 Å². The van der Waals surface area contributed by atoms with Gasteiger partial charge in [-0.3, -0.25) is 5.32 Å². The molecule has 2 heterocycles. The molecule has 0 radical (unpaired) electrons. The summed E-state index contributed by atoms with van der Waals surface area (Å²) in [6.45, 7) is 1.23. The highest BCUT2D eigenvalue weighted by Gasteiger charge is 2.05. The minimum atomic E-state index is -0.230. The average molecular weight is 282 g/mol. The van der Waals surface area contributed by atoms with Crippen LogP contribution in [-0.4, -0.2) is 18.1 Å². The lowest BCUT2D eigenvalue weighted by molar-refractivity contribution is 0.251. The van der Waals surface area contributed by atoms with Gasteiger partial charge in [0.1, 0.15) is 0 Å². The predicted molar refractivity (Wildman–Crippen MR) is 75.1 cm³/mol. The number of carbonyl (C=O) groups excluding carboxylic acids is 1. The van der Waals surface area contributed by atoms with Crippen LogP contribution >= 0.6 is 22.7 Å². The molecular weight excluding hydrogens is 268 g/mol. The number of rotatable bonds is 5. The van der Waals surface area contributed by atoms with Crippen LogP contribution in [0.1, 0.15) is 11.3 Å². The van der Waals surface area contributed by atoms with Gasteiger partial charge in [0.05, 0.1) is 5.69 Å². The van der Waals surface area contributed by atoms with Gasteiger partial charge in [0.2, 0.25) is 0 Å². The van der Waals surface area contributed by atoms with Crippen molar-refractivity contribution in [3.8, 4) is 0 Å². The summed E-state index contributed by atoms with van der Waals surface area (Å²) in [5.74, 6) is 0. The van der Waals surface area contributed by atoms with Crippen LogP contribution in [0.5, 0.6) is 0 Å². The zero-order valence-electron chi connectivity index (χ0n) is 9.90. The Kier molecular flexibility index (Phi) is 4.68. The highest BCUT2D eigenvalue weighted by Crippen LogP contribution is 2.15. The van der Waals surface area contributed by atoms with E-state index in [0.717, 1.165) is 11.3 Å².